The van der Waals surface area contributed by atoms with E-state index in [1.807, 2.05) is 12.1 Å². The molecule has 0 aromatic heterocycles. The van der Waals surface area contributed by atoms with Crippen molar-refractivity contribution in [1.29, 1.82) is 0 Å². The molecule has 1 unspecified atom stereocenters. The van der Waals surface area contributed by atoms with Gasteiger partial charge in [-0.3, -0.25) is 5.21 Å². The van der Waals surface area contributed by atoms with Crippen molar-refractivity contribution in [2.45, 2.75) is 18.2 Å². The third kappa shape index (κ3) is 2.49. The van der Waals surface area contributed by atoms with Crippen LogP contribution in [0, 0.1) is 5.21 Å². The molecule has 1 aliphatic rings. The Balaban J connectivity index is 1.84. The van der Waals surface area contributed by atoms with Crippen LogP contribution >= 0.6 is 0 Å². The highest BCUT2D eigenvalue weighted by molar-refractivity contribution is 5.98. The first-order valence-electron chi connectivity index (χ1n) is 8.04. The molecule has 0 aliphatic carbocycles. The summed E-state index contributed by atoms with van der Waals surface area (Å²) in [6.45, 7) is 0. The molecule has 4 rings (SSSR count). The molecule has 3 aromatic carbocycles. The van der Waals surface area contributed by atoms with E-state index in [2.05, 4.69) is 0 Å². The summed E-state index contributed by atoms with van der Waals surface area (Å²) in [6.07, 6.45) is -5.34. The highest BCUT2D eigenvalue weighted by Gasteiger charge is 2.62. The Morgan fingerprint density at radius 3 is 2.23 bits per heavy atom. The third-order valence-corrected chi connectivity index (χ3v) is 4.66. The van der Waals surface area contributed by atoms with Gasteiger partial charge in [0, 0.05) is 10.5 Å². The summed E-state index contributed by atoms with van der Waals surface area (Å²) in [5.74, 6) is 0. The molecule has 26 heavy (non-hydrogen) atoms. The largest absolute Gasteiger partial charge is 0.413 e. The molecule has 3 nitrogen and oxygen atoms in total. The van der Waals surface area contributed by atoms with Crippen LogP contribution in [0.5, 0.6) is 0 Å². The second-order valence-electron chi connectivity index (χ2n) is 6.22. The fourth-order valence-corrected chi connectivity index (χ4v) is 3.28. The number of benzene rings is 3. The second-order valence-corrected chi connectivity index (χ2v) is 6.22. The molecular formula is C20H14F3NO2. The fourth-order valence-electron chi connectivity index (χ4n) is 3.28. The average molecular weight is 357 g/mol. The van der Waals surface area contributed by atoms with Gasteiger partial charge in [-0.2, -0.15) is 13.2 Å². The molecule has 0 radical (unpaired) electrons. The number of nitrogens with zero attached hydrogens (tertiary/aromatic N) is 1. The van der Waals surface area contributed by atoms with Crippen LogP contribution < -0.4 is 0 Å². The summed E-state index contributed by atoms with van der Waals surface area (Å²) in [7, 11) is 0. The van der Waals surface area contributed by atoms with Crippen molar-refractivity contribution < 1.29 is 22.9 Å². The third-order valence-electron chi connectivity index (χ3n) is 4.66. The van der Waals surface area contributed by atoms with Crippen LogP contribution in [0.2, 0.25) is 0 Å². The van der Waals surface area contributed by atoms with E-state index in [9.17, 15) is 18.4 Å². The molecular weight excluding hydrogens is 343 g/mol. The maximum atomic E-state index is 14.1. The van der Waals surface area contributed by atoms with Crippen LogP contribution in [0.3, 0.4) is 0 Å². The van der Waals surface area contributed by atoms with Gasteiger partial charge in [0.2, 0.25) is 5.60 Å². The number of alkyl halides is 3. The van der Waals surface area contributed by atoms with E-state index in [-0.39, 0.29) is 16.2 Å². The van der Waals surface area contributed by atoms with Crippen LogP contribution in [0.15, 0.2) is 72.8 Å². The minimum Gasteiger partial charge on any atom is -0.381 e. The van der Waals surface area contributed by atoms with E-state index in [4.69, 9.17) is 4.84 Å². The molecule has 0 saturated heterocycles. The van der Waals surface area contributed by atoms with Crippen molar-refractivity contribution in [3.05, 3.63) is 89.1 Å². The lowest BCUT2D eigenvalue weighted by Crippen LogP contribution is -2.43. The lowest BCUT2D eigenvalue weighted by molar-refractivity contribution is -0.764. The number of hydrogen-bond acceptors (Lipinski definition) is 2. The molecule has 0 saturated carbocycles. The zero-order chi connectivity index (χ0) is 18.4. The Morgan fingerprint density at radius 2 is 1.54 bits per heavy atom. The molecule has 6 heteroatoms. The van der Waals surface area contributed by atoms with Gasteiger partial charge in [0.15, 0.2) is 0 Å². The molecule has 0 amide bonds. The standard InChI is InChI=1S/C20H14F3NO2/c21-20(22,23)19(17-11-10-14-6-4-5-9-16(14)12-17)13-18(24(25)26-19)15-7-2-1-3-8-15/h1-12H,13H2. The van der Waals surface area contributed by atoms with Gasteiger partial charge >= 0.3 is 6.18 Å². The van der Waals surface area contributed by atoms with Gasteiger partial charge in [-0.05, 0) is 34.5 Å². The number of hydrogen-bond donors (Lipinski definition) is 0. The van der Waals surface area contributed by atoms with Gasteiger partial charge in [-0.1, -0.05) is 54.6 Å². The van der Waals surface area contributed by atoms with E-state index in [0.717, 1.165) is 5.39 Å². The Bertz CT molecular complexity index is 999. The summed E-state index contributed by atoms with van der Waals surface area (Å²) in [5.41, 5.74) is -2.43. The topological polar surface area (TPSA) is 35.3 Å². The number of halogens is 3. The molecule has 132 valence electrons. The highest BCUT2D eigenvalue weighted by atomic mass is 19.4. The van der Waals surface area contributed by atoms with E-state index < -0.39 is 18.2 Å². The summed E-state index contributed by atoms with van der Waals surface area (Å²) >= 11 is 0. The predicted molar refractivity (Wildman–Crippen MR) is 91.6 cm³/mol. The van der Waals surface area contributed by atoms with Crippen molar-refractivity contribution in [3.63, 3.8) is 0 Å². The Labute approximate surface area is 147 Å². The number of fused-ring (bicyclic) bond motifs is 1. The smallest absolute Gasteiger partial charge is 0.381 e. The van der Waals surface area contributed by atoms with E-state index >= 15 is 0 Å². The first kappa shape index (κ1) is 16.4. The van der Waals surface area contributed by atoms with E-state index in [0.29, 0.717) is 10.9 Å². The van der Waals surface area contributed by atoms with Crippen LogP contribution in [0.4, 0.5) is 13.2 Å². The molecule has 1 atom stereocenters. The van der Waals surface area contributed by atoms with Gasteiger partial charge in [-0.15, -0.1) is 0 Å². The first-order chi connectivity index (χ1) is 12.4. The van der Waals surface area contributed by atoms with Gasteiger partial charge in [-0.25, -0.2) is 0 Å². The van der Waals surface area contributed by atoms with E-state index in [1.165, 1.54) is 12.1 Å². The lowest BCUT2D eigenvalue weighted by Gasteiger charge is -2.32. The molecule has 0 N–H and O–H groups in total. The quantitative estimate of drug-likeness (QED) is 0.610. The minimum absolute atomic E-state index is 0.00197. The lowest BCUT2D eigenvalue weighted by atomic mass is 9.85. The SMILES string of the molecule is [O-][N+]1=C(c2ccccc2)CC(c2ccc3ccccc3c2)(C(F)(F)F)O1. The summed E-state index contributed by atoms with van der Waals surface area (Å²) in [5, 5.41) is 13.7. The van der Waals surface area contributed by atoms with Crippen molar-refractivity contribution >= 4 is 16.5 Å². The molecule has 0 spiro atoms. The van der Waals surface area contributed by atoms with E-state index in [1.54, 1.807) is 48.5 Å². The normalized spacial score (nSPS) is 20.4. The fraction of sp³-hybridized carbons (Fsp3) is 0.150. The maximum absolute atomic E-state index is 14.1. The van der Waals surface area contributed by atoms with Crippen molar-refractivity contribution in [2.75, 3.05) is 0 Å². The number of rotatable bonds is 2. The van der Waals surface area contributed by atoms with Gasteiger partial charge in [0.1, 0.15) is 0 Å². The van der Waals surface area contributed by atoms with Gasteiger partial charge in [0.25, 0.3) is 5.71 Å². The van der Waals surface area contributed by atoms with Gasteiger partial charge in [0.05, 0.1) is 6.42 Å². The highest BCUT2D eigenvalue weighted by Crippen LogP contribution is 2.48. The summed E-state index contributed by atoms with van der Waals surface area (Å²) < 4.78 is 42.2. The monoisotopic (exact) mass is 357 g/mol. The molecule has 1 aliphatic heterocycles. The van der Waals surface area contributed by atoms with Crippen LogP contribution in [-0.2, 0) is 10.4 Å². The molecule has 3 aromatic rings. The Kier molecular flexibility index (Phi) is 3.64. The zero-order valence-corrected chi connectivity index (χ0v) is 13.5. The van der Waals surface area contributed by atoms with Crippen molar-refractivity contribution in [1.82, 2.24) is 0 Å². The van der Waals surface area contributed by atoms with Crippen LogP contribution in [-0.4, -0.2) is 16.8 Å². The first-order valence-corrected chi connectivity index (χ1v) is 8.04. The van der Waals surface area contributed by atoms with Crippen LogP contribution in [0.25, 0.3) is 10.8 Å². The van der Waals surface area contributed by atoms with Crippen LogP contribution in [0.1, 0.15) is 17.5 Å². The Morgan fingerprint density at radius 1 is 0.885 bits per heavy atom. The predicted octanol–water partition coefficient (Wildman–Crippen LogP) is 4.93. The molecule has 0 bridgehead atoms. The summed E-state index contributed by atoms with van der Waals surface area (Å²) in [4.78, 5) is 4.93. The Hall–Kier alpha value is -3.02. The second kappa shape index (κ2) is 5.76. The van der Waals surface area contributed by atoms with Gasteiger partial charge < -0.3 is 4.84 Å². The van der Waals surface area contributed by atoms with Crippen molar-refractivity contribution in [2.24, 2.45) is 0 Å². The minimum atomic E-state index is -4.76. The zero-order valence-electron chi connectivity index (χ0n) is 13.5. The molecule has 0 fully saturated rings. The maximum Gasteiger partial charge on any atom is 0.413 e. The van der Waals surface area contributed by atoms with Crippen molar-refractivity contribution in [3.8, 4) is 0 Å². The summed E-state index contributed by atoms with van der Waals surface area (Å²) in [6, 6.07) is 19.8. The molecule has 1 heterocycles. The average Bonchev–Trinajstić information content (AvgIpc) is 3.01.